The fourth-order valence-electron chi connectivity index (χ4n) is 3.12. The minimum absolute atomic E-state index is 0. The van der Waals surface area contributed by atoms with Gasteiger partial charge in [-0.3, -0.25) is 9.48 Å². The molecule has 1 aromatic heterocycles. The molecule has 1 saturated carbocycles. The molecule has 0 aromatic carbocycles. The standard InChI is InChI=1S/C16H27N5O3S.ClH/c1-12(19-25(23,24)15-10-18-20(2)11-15)16(22)21-7-5-14(6-8-21)17-9-13-3-4-13;/h10-14,17,19H,3-9H2,1-2H3;1H. The Morgan fingerprint density at radius 2 is 1.96 bits per heavy atom. The SMILES string of the molecule is CC(NS(=O)(=O)c1cnn(C)c1)C(=O)N1CCC(NCC2CC2)CC1.Cl. The van der Waals surface area contributed by atoms with E-state index in [9.17, 15) is 13.2 Å². The number of aryl methyl sites for hydroxylation is 1. The van der Waals surface area contributed by atoms with Crippen LogP contribution in [0.25, 0.3) is 0 Å². The number of rotatable bonds is 7. The van der Waals surface area contributed by atoms with E-state index in [1.54, 1.807) is 18.9 Å². The Bertz CT molecular complexity index is 711. The molecule has 1 saturated heterocycles. The molecule has 0 spiro atoms. The molecule has 2 aliphatic rings. The van der Waals surface area contributed by atoms with Crippen molar-refractivity contribution in [1.29, 1.82) is 0 Å². The number of carbonyl (C=O) groups excluding carboxylic acids is 1. The van der Waals surface area contributed by atoms with Gasteiger partial charge in [-0.1, -0.05) is 0 Å². The van der Waals surface area contributed by atoms with Crippen molar-refractivity contribution >= 4 is 28.3 Å². The van der Waals surface area contributed by atoms with Crippen LogP contribution in [0.4, 0.5) is 0 Å². The van der Waals surface area contributed by atoms with Gasteiger partial charge in [0.15, 0.2) is 0 Å². The average molecular weight is 406 g/mol. The molecule has 1 aliphatic carbocycles. The van der Waals surface area contributed by atoms with Gasteiger partial charge in [-0.15, -0.1) is 12.4 Å². The summed E-state index contributed by atoms with van der Waals surface area (Å²) in [6, 6.07) is -0.326. The van der Waals surface area contributed by atoms with Crippen LogP contribution in [-0.4, -0.2) is 60.7 Å². The Morgan fingerprint density at radius 1 is 1.31 bits per heavy atom. The van der Waals surface area contributed by atoms with E-state index >= 15 is 0 Å². The maximum atomic E-state index is 12.6. The first-order valence-corrected chi connectivity index (χ1v) is 10.4. The molecule has 0 bridgehead atoms. The number of amides is 1. The molecule has 148 valence electrons. The fraction of sp³-hybridized carbons (Fsp3) is 0.750. The first-order chi connectivity index (χ1) is 11.8. The maximum absolute atomic E-state index is 12.6. The lowest BCUT2D eigenvalue weighted by molar-refractivity contribution is -0.133. The molecule has 2 N–H and O–H groups in total. The molecule has 8 nitrogen and oxygen atoms in total. The predicted octanol–water partition coefficient (Wildman–Crippen LogP) is 0.499. The summed E-state index contributed by atoms with van der Waals surface area (Å²) in [5, 5.41) is 7.44. The van der Waals surface area contributed by atoms with E-state index in [1.807, 2.05) is 0 Å². The third-order valence-electron chi connectivity index (χ3n) is 4.89. The van der Waals surface area contributed by atoms with Gasteiger partial charge in [0.05, 0.1) is 12.2 Å². The van der Waals surface area contributed by atoms with Gasteiger partial charge < -0.3 is 10.2 Å². The van der Waals surface area contributed by atoms with E-state index in [0.717, 1.165) is 25.3 Å². The molecule has 2 fully saturated rings. The third kappa shape index (κ3) is 5.42. The van der Waals surface area contributed by atoms with Crippen molar-refractivity contribution in [3.63, 3.8) is 0 Å². The molecule has 1 amide bonds. The van der Waals surface area contributed by atoms with Gasteiger partial charge in [0.1, 0.15) is 4.90 Å². The first-order valence-electron chi connectivity index (χ1n) is 8.88. The number of carbonyl (C=O) groups is 1. The second-order valence-electron chi connectivity index (χ2n) is 7.14. The average Bonchev–Trinajstić information content (AvgIpc) is 3.31. The van der Waals surface area contributed by atoms with E-state index in [2.05, 4.69) is 15.1 Å². The number of likely N-dealkylation sites (tertiary alicyclic amines) is 1. The number of piperidine rings is 1. The first kappa shape index (κ1) is 21.1. The summed E-state index contributed by atoms with van der Waals surface area (Å²) in [7, 11) is -2.09. The monoisotopic (exact) mass is 405 g/mol. The van der Waals surface area contributed by atoms with Crippen LogP contribution in [-0.2, 0) is 21.9 Å². The van der Waals surface area contributed by atoms with E-state index in [0.29, 0.717) is 19.1 Å². The van der Waals surface area contributed by atoms with Crippen LogP contribution in [0.2, 0.25) is 0 Å². The Hall–Kier alpha value is -1.16. The van der Waals surface area contributed by atoms with Crippen LogP contribution in [0.3, 0.4) is 0 Å². The van der Waals surface area contributed by atoms with Crippen molar-refractivity contribution in [2.45, 2.75) is 49.6 Å². The van der Waals surface area contributed by atoms with Gasteiger partial charge in [0, 0.05) is 32.4 Å². The molecule has 0 radical (unpaired) electrons. The number of hydrogen-bond acceptors (Lipinski definition) is 5. The summed E-state index contributed by atoms with van der Waals surface area (Å²) < 4.78 is 28.5. The number of nitrogens with one attached hydrogen (secondary N) is 2. The summed E-state index contributed by atoms with van der Waals surface area (Å²) >= 11 is 0. The third-order valence-corrected chi connectivity index (χ3v) is 6.39. The van der Waals surface area contributed by atoms with Crippen molar-refractivity contribution < 1.29 is 13.2 Å². The highest BCUT2D eigenvalue weighted by Crippen LogP contribution is 2.28. The molecule has 10 heteroatoms. The summed E-state index contributed by atoms with van der Waals surface area (Å²) in [5.74, 6) is 0.676. The lowest BCUT2D eigenvalue weighted by Gasteiger charge is -2.34. The van der Waals surface area contributed by atoms with Crippen molar-refractivity contribution in [2.24, 2.45) is 13.0 Å². The number of halogens is 1. The summed E-state index contributed by atoms with van der Waals surface area (Å²) in [6.07, 6.45) is 7.19. The molecule has 1 aromatic rings. The predicted molar refractivity (Wildman–Crippen MR) is 101 cm³/mol. The molecule has 1 unspecified atom stereocenters. The van der Waals surface area contributed by atoms with Crippen molar-refractivity contribution in [3.8, 4) is 0 Å². The summed E-state index contributed by atoms with van der Waals surface area (Å²) in [4.78, 5) is 14.4. The minimum Gasteiger partial charge on any atom is -0.341 e. The van der Waals surface area contributed by atoms with Gasteiger partial charge in [-0.2, -0.15) is 9.82 Å². The molecule has 2 heterocycles. The Labute approximate surface area is 161 Å². The van der Waals surface area contributed by atoms with Crippen molar-refractivity contribution in [3.05, 3.63) is 12.4 Å². The number of sulfonamides is 1. The number of hydrogen-bond donors (Lipinski definition) is 2. The van der Waals surface area contributed by atoms with Gasteiger partial charge in [0.2, 0.25) is 15.9 Å². The molecule has 26 heavy (non-hydrogen) atoms. The van der Waals surface area contributed by atoms with E-state index in [4.69, 9.17) is 0 Å². The fourth-order valence-corrected chi connectivity index (χ4v) is 4.30. The maximum Gasteiger partial charge on any atom is 0.244 e. The highest BCUT2D eigenvalue weighted by Gasteiger charge is 2.30. The minimum atomic E-state index is -3.74. The smallest absolute Gasteiger partial charge is 0.244 e. The van der Waals surface area contributed by atoms with Crippen molar-refractivity contribution in [1.82, 2.24) is 24.7 Å². The molecule has 3 rings (SSSR count). The van der Waals surface area contributed by atoms with Crippen LogP contribution in [0, 0.1) is 5.92 Å². The summed E-state index contributed by atoms with van der Waals surface area (Å²) in [5.41, 5.74) is 0. The molecule has 1 aliphatic heterocycles. The Kier molecular flexibility index (Phi) is 7.06. The van der Waals surface area contributed by atoms with Gasteiger partial charge in [-0.25, -0.2) is 8.42 Å². The number of nitrogens with zero attached hydrogens (tertiary/aromatic N) is 3. The second kappa shape index (κ2) is 8.69. The zero-order valence-electron chi connectivity index (χ0n) is 15.2. The highest BCUT2D eigenvalue weighted by atomic mass is 35.5. The topological polar surface area (TPSA) is 96.3 Å². The lowest BCUT2D eigenvalue weighted by Crippen LogP contribution is -2.51. The zero-order valence-corrected chi connectivity index (χ0v) is 16.9. The number of aromatic nitrogens is 2. The zero-order chi connectivity index (χ0) is 18.0. The normalized spacial score (nSPS) is 19.8. The van der Waals surface area contributed by atoms with Gasteiger partial charge in [0.25, 0.3) is 0 Å². The van der Waals surface area contributed by atoms with E-state index < -0.39 is 16.1 Å². The largest absolute Gasteiger partial charge is 0.341 e. The quantitative estimate of drug-likeness (QED) is 0.688. The molecular weight excluding hydrogens is 378 g/mol. The van der Waals surface area contributed by atoms with Crippen LogP contribution in [0.5, 0.6) is 0 Å². The van der Waals surface area contributed by atoms with Crippen molar-refractivity contribution in [2.75, 3.05) is 19.6 Å². The Morgan fingerprint density at radius 3 is 2.50 bits per heavy atom. The van der Waals surface area contributed by atoms with Crippen LogP contribution < -0.4 is 10.0 Å². The van der Waals surface area contributed by atoms with Crippen LogP contribution >= 0.6 is 12.4 Å². The van der Waals surface area contributed by atoms with Gasteiger partial charge in [-0.05, 0) is 45.1 Å². The van der Waals surface area contributed by atoms with E-state index in [-0.39, 0.29) is 23.2 Å². The summed E-state index contributed by atoms with van der Waals surface area (Å²) in [6.45, 7) is 4.01. The Balaban J connectivity index is 0.00000243. The van der Waals surface area contributed by atoms with Crippen LogP contribution in [0.1, 0.15) is 32.6 Å². The highest BCUT2D eigenvalue weighted by molar-refractivity contribution is 7.89. The van der Waals surface area contributed by atoms with Gasteiger partial charge >= 0.3 is 0 Å². The van der Waals surface area contributed by atoms with Crippen LogP contribution in [0.15, 0.2) is 17.3 Å². The molecule has 1 atom stereocenters. The second-order valence-corrected chi connectivity index (χ2v) is 8.86. The van der Waals surface area contributed by atoms with E-state index in [1.165, 1.54) is 29.9 Å². The molecular formula is C16H28ClN5O3S. The lowest BCUT2D eigenvalue weighted by atomic mass is 10.0.